The van der Waals surface area contributed by atoms with Gasteiger partial charge >= 0.3 is 12.1 Å². The number of allylic oxidation sites excluding steroid dienone is 1. The first-order valence-corrected chi connectivity index (χ1v) is 13.2. The fraction of sp³-hybridized carbons (Fsp3) is 0.312. The maximum atomic E-state index is 14.1. The Balaban J connectivity index is 1.70. The van der Waals surface area contributed by atoms with Crippen LogP contribution < -0.4 is 15.0 Å². The van der Waals surface area contributed by atoms with Crippen molar-refractivity contribution >= 4 is 23.1 Å². The monoisotopic (exact) mass is 548 g/mol. The third-order valence-corrected chi connectivity index (χ3v) is 7.63. The fourth-order valence-corrected chi connectivity index (χ4v) is 5.54. The molecule has 0 saturated heterocycles. The molecule has 208 valence electrons. The van der Waals surface area contributed by atoms with Gasteiger partial charge in [0.15, 0.2) is 5.78 Å². The van der Waals surface area contributed by atoms with E-state index in [1.54, 1.807) is 37.4 Å². The number of hydrogen-bond donors (Lipinski definition) is 1. The minimum absolute atomic E-state index is 0.0675. The number of ether oxygens (including phenoxy) is 1. The number of amides is 1. The number of carbonyl (C=O) groups excluding carboxylic acids is 2. The van der Waals surface area contributed by atoms with Gasteiger partial charge in [-0.15, -0.1) is 0 Å². The first kappa shape index (κ1) is 27.5. The predicted octanol–water partition coefficient (Wildman–Crippen LogP) is 7.46. The van der Waals surface area contributed by atoms with Crippen LogP contribution >= 0.6 is 0 Å². The molecule has 0 spiro atoms. The fourth-order valence-electron chi connectivity index (χ4n) is 5.54. The van der Waals surface area contributed by atoms with Gasteiger partial charge in [-0.2, -0.15) is 13.2 Å². The van der Waals surface area contributed by atoms with Crippen molar-refractivity contribution in [3.63, 3.8) is 0 Å². The molecular weight excluding hydrogens is 517 g/mol. The molecule has 2 aliphatic rings. The van der Waals surface area contributed by atoms with Gasteiger partial charge in [-0.1, -0.05) is 69.3 Å². The maximum Gasteiger partial charge on any atom is 0.471 e. The number of benzene rings is 3. The second kappa shape index (κ2) is 10.2. The lowest BCUT2D eigenvalue weighted by molar-refractivity contribution is -0.170. The van der Waals surface area contributed by atoms with E-state index in [0.717, 1.165) is 16.0 Å². The lowest BCUT2D eigenvalue weighted by Crippen LogP contribution is -2.45. The van der Waals surface area contributed by atoms with Crippen LogP contribution in [0.1, 0.15) is 62.3 Å². The SMILES string of the molecule is COc1ccc([C@@H]2CC(=O)C3=C(C2)Nc2ccccc2N(C(=O)C(F)(F)F)[C@H]3c2ccc(C(C)(C)C)cc2)cc1. The number of fused-ring (bicyclic) bond motifs is 1. The molecule has 2 atom stereocenters. The number of methoxy groups -OCH3 is 1. The van der Waals surface area contributed by atoms with Crippen LogP contribution in [0.5, 0.6) is 5.75 Å². The number of anilines is 2. The Hall–Kier alpha value is -4.07. The molecule has 40 heavy (non-hydrogen) atoms. The Morgan fingerprint density at radius 2 is 1.52 bits per heavy atom. The van der Waals surface area contributed by atoms with Gasteiger partial charge in [0.2, 0.25) is 0 Å². The van der Waals surface area contributed by atoms with Gasteiger partial charge in [0.1, 0.15) is 5.75 Å². The topological polar surface area (TPSA) is 58.6 Å². The van der Waals surface area contributed by atoms with Crippen LogP contribution in [0.4, 0.5) is 24.5 Å². The molecule has 0 bridgehead atoms. The summed E-state index contributed by atoms with van der Waals surface area (Å²) in [5, 5.41) is 3.26. The number of alkyl halides is 3. The van der Waals surface area contributed by atoms with E-state index in [1.807, 2.05) is 57.2 Å². The molecule has 1 amide bonds. The average Bonchev–Trinajstić information content (AvgIpc) is 3.06. The number of Topliss-reactive ketones (excluding diaryl/α,β-unsaturated/α-hetero) is 1. The van der Waals surface area contributed by atoms with Crippen molar-refractivity contribution in [1.82, 2.24) is 0 Å². The highest BCUT2D eigenvalue weighted by Gasteiger charge is 2.50. The molecule has 1 N–H and O–H groups in total. The number of nitrogens with zero attached hydrogens (tertiary/aromatic N) is 1. The molecule has 5 nitrogen and oxygen atoms in total. The highest BCUT2D eigenvalue weighted by atomic mass is 19.4. The summed E-state index contributed by atoms with van der Waals surface area (Å²) in [4.78, 5) is 27.8. The van der Waals surface area contributed by atoms with Crippen LogP contribution in [0.3, 0.4) is 0 Å². The molecule has 1 aliphatic carbocycles. The van der Waals surface area contributed by atoms with E-state index in [4.69, 9.17) is 4.74 Å². The summed E-state index contributed by atoms with van der Waals surface area (Å²) >= 11 is 0. The summed E-state index contributed by atoms with van der Waals surface area (Å²) in [7, 11) is 1.57. The highest BCUT2D eigenvalue weighted by molar-refractivity contribution is 6.07. The van der Waals surface area contributed by atoms with Gasteiger partial charge in [0.25, 0.3) is 0 Å². The predicted molar refractivity (Wildman–Crippen MR) is 148 cm³/mol. The first-order valence-electron chi connectivity index (χ1n) is 13.2. The van der Waals surface area contributed by atoms with E-state index in [-0.39, 0.29) is 34.8 Å². The molecule has 0 aromatic heterocycles. The van der Waals surface area contributed by atoms with Crippen molar-refractivity contribution < 1.29 is 27.5 Å². The molecule has 0 saturated carbocycles. The zero-order valence-corrected chi connectivity index (χ0v) is 22.8. The van der Waals surface area contributed by atoms with E-state index < -0.39 is 18.1 Å². The van der Waals surface area contributed by atoms with Crippen molar-refractivity contribution in [2.75, 3.05) is 17.3 Å². The van der Waals surface area contributed by atoms with E-state index in [9.17, 15) is 22.8 Å². The molecule has 1 heterocycles. The van der Waals surface area contributed by atoms with Gasteiger partial charge in [0.05, 0.1) is 24.5 Å². The van der Waals surface area contributed by atoms with Crippen molar-refractivity contribution in [2.45, 2.75) is 57.2 Å². The number of nitrogens with one attached hydrogen (secondary N) is 1. The first-order chi connectivity index (χ1) is 18.9. The minimum atomic E-state index is -5.15. The molecule has 0 unspecified atom stereocenters. The summed E-state index contributed by atoms with van der Waals surface area (Å²) in [6.07, 6.45) is -4.65. The molecule has 3 aromatic rings. The number of halogens is 3. The molecule has 0 radical (unpaired) electrons. The number of rotatable bonds is 3. The van der Waals surface area contributed by atoms with Gasteiger partial charge in [-0.3, -0.25) is 14.5 Å². The quantitative estimate of drug-likeness (QED) is 0.369. The Morgan fingerprint density at radius 1 is 0.900 bits per heavy atom. The molecular formula is C32H31F3N2O3. The lowest BCUT2D eigenvalue weighted by atomic mass is 9.77. The molecule has 1 aliphatic heterocycles. The van der Waals surface area contributed by atoms with Crippen molar-refractivity contribution in [3.8, 4) is 5.75 Å². The Morgan fingerprint density at radius 3 is 2.12 bits per heavy atom. The van der Waals surface area contributed by atoms with E-state index in [2.05, 4.69) is 5.32 Å². The number of para-hydroxylation sites is 2. The van der Waals surface area contributed by atoms with Gasteiger partial charge in [-0.25, -0.2) is 0 Å². The largest absolute Gasteiger partial charge is 0.497 e. The smallest absolute Gasteiger partial charge is 0.471 e. The zero-order valence-electron chi connectivity index (χ0n) is 22.8. The van der Waals surface area contributed by atoms with Crippen LogP contribution in [-0.4, -0.2) is 25.0 Å². The van der Waals surface area contributed by atoms with Crippen molar-refractivity contribution in [2.24, 2.45) is 0 Å². The minimum Gasteiger partial charge on any atom is -0.497 e. The summed E-state index contributed by atoms with van der Waals surface area (Å²) < 4.78 is 47.6. The Bertz CT molecular complexity index is 1470. The number of hydrogen-bond acceptors (Lipinski definition) is 4. The van der Waals surface area contributed by atoms with E-state index in [0.29, 0.717) is 29.1 Å². The van der Waals surface area contributed by atoms with E-state index >= 15 is 0 Å². The molecule has 8 heteroatoms. The molecule has 5 rings (SSSR count). The van der Waals surface area contributed by atoms with Crippen LogP contribution in [0.15, 0.2) is 84.1 Å². The summed E-state index contributed by atoms with van der Waals surface area (Å²) in [6, 6.07) is 19.7. The third kappa shape index (κ3) is 5.10. The van der Waals surface area contributed by atoms with Crippen molar-refractivity contribution in [3.05, 3.63) is 101 Å². The van der Waals surface area contributed by atoms with Crippen LogP contribution in [-0.2, 0) is 15.0 Å². The second-order valence-corrected chi connectivity index (χ2v) is 11.3. The number of ketones is 1. The molecule has 3 aromatic carbocycles. The second-order valence-electron chi connectivity index (χ2n) is 11.3. The van der Waals surface area contributed by atoms with Crippen LogP contribution in [0.25, 0.3) is 0 Å². The standard InChI is InChI=1S/C32H31F3N2O3/c1-31(2,3)22-13-9-20(10-14-22)29-28-25(17-21(18-27(28)38)19-11-15-23(40-4)16-12-19)36-24-7-5-6-8-26(24)37(29)30(39)32(33,34)35/h5-16,21,29,36H,17-18H2,1-4H3/t21-,29-/m0/s1. The van der Waals surface area contributed by atoms with E-state index in [1.165, 1.54) is 6.07 Å². The Kier molecular flexibility index (Phi) is 6.98. The summed E-state index contributed by atoms with van der Waals surface area (Å²) in [5.74, 6) is -1.82. The van der Waals surface area contributed by atoms with Crippen LogP contribution in [0, 0.1) is 0 Å². The maximum absolute atomic E-state index is 14.1. The lowest BCUT2D eigenvalue weighted by Gasteiger charge is -2.35. The summed E-state index contributed by atoms with van der Waals surface area (Å²) in [5.41, 5.74) is 3.27. The van der Waals surface area contributed by atoms with Gasteiger partial charge in [-0.05, 0) is 58.7 Å². The zero-order chi connectivity index (χ0) is 28.8. The third-order valence-electron chi connectivity index (χ3n) is 7.63. The molecule has 0 fully saturated rings. The normalized spacial score (nSPS) is 19.4. The van der Waals surface area contributed by atoms with Crippen molar-refractivity contribution in [1.29, 1.82) is 0 Å². The number of carbonyl (C=O) groups is 2. The van der Waals surface area contributed by atoms with Gasteiger partial charge in [0, 0.05) is 17.7 Å². The van der Waals surface area contributed by atoms with Crippen LogP contribution in [0.2, 0.25) is 0 Å². The average molecular weight is 549 g/mol. The highest BCUT2D eigenvalue weighted by Crippen LogP contribution is 2.48. The Labute approximate surface area is 231 Å². The summed E-state index contributed by atoms with van der Waals surface area (Å²) in [6.45, 7) is 6.12. The van der Waals surface area contributed by atoms with Gasteiger partial charge < -0.3 is 10.1 Å².